The van der Waals surface area contributed by atoms with Crippen molar-refractivity contribution < 1.29 is 9.90 Å². The zero-order chi connectivity index (χ0) is 14.4. The maximum atomic E-state index is 11.0. The number of fused-ring (bicyclic) bond motifs is 1. The van der Waals surface area contributed by atoms with Crippen LogP contribution in [-0.4, -0.2) is 16.1 Å². The number of thiazole rings is 1. The average Bonchev–Trinajstić information content (AvgIpc) is 3.20. The molecule has 4 heteroatoms. The van der Waals surface area contributed by atoms with Gasteiger partial charge < -0.3 is 5.11 Å². The monoisotopic (exact) mass is 299 g/mol. The van der Waals surface area contributed by atoms with E-state index in [1.54, 1.807) is 12.1 Å². The molecule has 0 aliphatic heterocycles. The predicted octanol–water partition coefficient (Wildman–Crippen LogP) is 3.80. The summed E-state index contributed by atoms with van der Waals surface area (Å²) in [6.07, 6.45) is 7.12. The first-order chi connectivity index (χ1) is 10.2. The van der Waals surface area contributed by atoms with E-state index in [1.807, 2.05) is 23.5 Å². The molecule has 1 aromatic carbocycles. The molecule has 4 rings (SSSR count). The fourth-order valence-electron chi connectivity index (χ4n) is 3.24. The molecule has 0 radical (unpaired) electrons. The molecule has 1 fully saturated rings. The standard InChI is InChI=1S/C17H17NO2S/c19-15(20)11-5-7-12(8-6-11)17(9-10-17)16-18-13-3-1-2-4-14(13)21-16/h5-8H,1-4,9-10H2,(H,19,20). The zero-order valence-corrected chi connectivity index (χ0v) is 12.6. The third kappa shape index (κ3) is 2.09. The van der Waals surface area contributed by atoms with Crippen molar-refractivity contribution in [2.24, 2.45) is 0 Å². The van der Waals surface area contributed by atoms with Gasteiger partial charge in [0.05, 0.1) is 11.3 Å². The summed E-state index contributed by atoms with van der Waals surface area (Å²) in [4.78, 5) is 17.4. The van der Waals surface area contributed by atoms with Gasteiger partial charge in [-0.15, -0.1) is 11.3 Å². The van der Waals surface area contributed by atoms with Gasteiger partial charge in [0, 0.05) is 10.3 Å². The highest BCUT2D eigenvalue weighted by Gasteiger charge is 2.48. The third-order valence-electron chi connectivity index (χ3n) is 4.69. The Morgan fingerprint density at radius 3 is 2.48 bits per heavy atom. The lowest BCUT2D eigenvalue weighted by atomic mass is 9.95. The van der Waals surface area contributed by atoms with Gasteiger partial charge in [-0.1, -0.05) is 12.1 Å². The van der Waals surface area contributed by atoms with Crippen LogP contribution in [0.15, 0.2) is 24.3 Å². The molecule has 21 heavy (non-hydrogen) atoms. The molecule has 2 aliphatic rings. The van der Waals surface area contributed by atoms with E-state index >= 15 is 0 Å². The molecule has 1 N–H and O–H groups in total. The number of rotatable bonds is 3. The second-order valence-corrected chi connectivity index (χ2v) is 7.14. The molecule has 0 saturated heterocycles. The van der Waals surface area contributed by atoms with E-state index in [0.29, 0.717) is 5.56 Å². The van der Waals surface area contributed by atoms with Crippen molar-refractivity contribution in [1.29, 1.82) is 0 Å². The molecule has 3 nitrogen and oxygen atoms in total. The number of carbonyl (C=O) groups is 1. The molecule has 1 saturated carbocycles. The summed E-state index contributed by atoms with van der Waals surface area (Å²) in [5.41, 5.74) is 2.96. The maximum absolute atomic E-state index is 11.0. The number of hydrogen-bond donors (Lipinski definition) is 1. The van der Waals surface area contributed by atoms with E-state index < -0.39 is 5.97 Å². The van der Waals surface area contributed by atoms with Crippen LogP contribution < -0.4 is 0 Å². The quantitative estimate of drug-likeness (QED) is 0.938. The largest absolute Gasteiger partial charge is 0.478 e. The van der Waals surface area contributed by atoms with Crippen molar-refractivity contribution in [3.63, 3.8) is 0 Å². The first kappa shape index (κ1) is 13.0. The van der Waals surface area contributed by atoms with Crippen LogP contribution in [0.2, 0.25) is 0 Å². The van der Waals surface area contributed by atoms with Crippen molar-refractivity contribution in [3.8, 4) is 0 Å². The Kier molecular flexibility index (Phi) is 2.89. The Morgan fingerprint density at radius 1 is 1.14 bits per heavy atom. The first-order valence-corrected chi connectivity index (χ1v) is 8.34. The Hall–Kier alpha value is -1.68. The fraction of sp³-hybridized carbons (Fsp3) is 0.412. The molecule has 1 heterocycles. The van der Waals surface area contributed by atoms with Crippen LogP contribution in [0, 0.1) is 0 Å². The van der Waals surface area contributed by atoms with Crippen molar-refractivity contribution in [2.45, 2.75) is 43.9 Å². The van der Waals surface area contributed by atoms with Crippen LogP contribution in [0.5, 0.6) is 0 Å². The van der Waals surface area contributed by atoms with Gasteiger partial charge in [-0.05, 0) is 56.2 Å². The number of nitrogens with zero attached hydrogens (tertiary/aromatic N) is 1. The highest BCUT2D eigenvalue weighted by molar-refractivity contribution is 7.12. The van der Waals surface area contributed by atoms with Crippen molar-refractivity contribution in [2.75, 3.05) is 0 Å². The SMILES string of the molecule is O=C(O)c1ccc(C2(c3nc4c(s3)CCCC4)CC2)cc1. The molecule has 1 aromatic heterocycles. The number of aryl methyl sites for hydroxylation is 2. The lowest BCUT2D eigenvalue weighted by Gasteiger charge is -2.12. The number of benzene rings is 1. The predicted molar refractivity (Wildman–Crippen MR) is 82.2 cm³/mol. The van der Waals surface area contributed by atoms with Crippen LogP contribution in [0.25, 0.3) is 0 Å². The van der Waals surface area contributed by atoms with Gasteiger partial charge in [0.1, 0.15) is 5.01 Å². The second-order valence-electron chi connectivity index (χ2n) is 6.06. The summed E-state index contributed by atoms with van der Waals surface area (Å²) in [6, 6.07) is 7.37. The van der Waals surface area contributed by atoms with Gasteiger partial charge in [0.25, 0.3) is 0 Å². The Bertz CT molecular complexity index is 675. The van der Waals surface area contributed by atoms with Gasteiger partial charge in [-0.2, -0.15) is 0 Å². The molecule has 0 atom stereocenters. The minimum atomic E-state index is -0.865. The molecule has 0 bridgehead atoms. The van der Waals surface area contributed by atoms with E-state index in [-0.39, 0.29) is 5.41 Å². The minimum Gasteiger partial charge on any atom is -0.478 e. The Balaban J connectivity index is 1.70. The summed E-state index contributed by atoms with van der Waals surface area (Å²) >= 11 is 1.88. The third-order valence-corrected chi connectivity index (χ3v) is 6.05. The van der Waals surface area contributed by atoms with Crippen molar-refractivity contribution in [1.82, 2.24) is 4.98 Å². The van der Waals surface area contributed by atoms with E-state index in [1.165, 1.54) is 40.4 Å². The lowest BCUT2D eigenvalue weighted by Crippen LogP contribution is -2.09. The van der Waals surface area contributed by atoms with Crippen LogP contribution >= 0.6 is 11.3 Å². The second kappa shape index (κ2) is 4.67. The number of aromatic nitrogens is 1. The minimum absolute atomic E-state index is 0.0685. The van der Waals surface area contributed by atoms with Gasteiger partial charge >= 0.3 is 5.97 Å². The normalized spacial score (nSPS) is 19.0. The molecular formula is C17H17NO2S. The van der Waals surface area contributed by atoms with Gasteiger partial charge in [-0.3, -0.25) is 0 Å². The van der Waals surface area contributed by atoms with Crippen molar-refractivity contribution in [3.05, 3.63) is 51.0 Å². The Morgan fingerprint density at radius 2 is 1.86 bits per heavy atom. The van der Waals surface area contributed by atoms with E-state index in [0.717, 1.165) is 19.3 Å². The molecule has 0 amide bonds. The number of aromatic carboxylic acids is 1. The molecular weight excluding hydrogens is 282 g/mol. The Labute approximate surface area is 127 Å². The van der Waals surface area contributed by atoms with E-state index in [9.17, 15) is 4.79 Å². The van der Waals surface area contributed by atoms with Crippen LogP contribution in [0.1, 0.15) is 57.2 Å². The highest BCUT2D eigenvalue weighted by atomic mass is 32.1. The molecule has 0 spiro atoms. The van der Waals surface area contributed by atoms with Gasteiger partial charge in [0.15, 0.2) is 0 Å². The van der Waals surface area contributed by atoms with Crippen LogP contribution in [-0.2, 0) is 18.3 Å². The summed E-state index contributed by atoms with van der Waals surface area (Å²) in [7, 11) is 0. The smallest absolute Gasteiger partial charge is 0.335 e. The lowest BCUT2D eigenvalue weighted by molar-refractivity contribution is 0.0697. The molecule has 2 aliphatic carbocycles. The molecule has 2 aromatic rings. The maximum Gasteiger partial charge on any atom is 0.335 e. The fourth-order valence-corrected chi connectivity index (χ4v) is 4.66. The van der Waals surface area contributed by atoms with Gasteiger partial charge in [0.2, 0.25) is 0 Å². The summed E-state index contributed by atoms with van der Waals surface area (Å²) in [5, 5.41) is 10.3. The summed E-state index contributed by atoms with van der Waals surface area (Å²) < 4.78 is 0. The molecule has 0 unspecified atom stereocenters. The highest BCUT2D eigenvalue weighted by Crippen LogP contribution is 2.55. The van der Waals surface area contributed by atoms with Gasteiger partial charge in [-0.25, -0.2) is 9.78 Å². The zero-order valence-electron chi connectivity index (χ0n) is 11.8. The number of carboxylic acids is 1. The van der Waals surface area contributed by atoms with E-state index in [4.69, 9.17) is 10.1 Å². The first-order valence-electron chi connectivity index (χ1n) is 7.52. The van der Waals surface area contributed by atoms with Crippen LogP contribution in [0.3, 0.4) is 0 Å². The number of carboxylic acid groups (broad SMARTS) is 1. The number of hydrogen-bond acceptors (Lipinski definition) is 3. The average molecular weight is 299 g/mol. The summed E-state index contributed by atoms with van der Waals surface area (Å²) in [5.74, 6) is -0.865. The topological polar surface area (TPSA) is 50.2 Å². The molecule has 108 valence electrons. The summed E-state index contributed by atoms with van der Waals surface area (Å²) in [6.45, 7) is 0. The van der Waals surface area contributed by atoms with E-state index in [2.05, 4.69) is 0 Å². The van der Waals surface area contributed by atoms with Crippen LogP contribution in [0.4, 0.5) is 0 Å². The van der Waals surface area contributed by atoms with Crippen molar-refractivity contribution >= 4 is 17.3 Å².